The minimum atomic E-state index is 0.529. The quantitative estimate of drug-likeness (QED) is 0.684. The van der Waals surface area contributed by atoms with E-state index in [-0.39, 0.29) is 0 Å². The van der Waals surface area contributed by atoms with Gasteiger partial charge in [-0.25, -0.2) is 4.98 Å². The Morgan fingerprint density at radius 2 is 1.94 bits per heavy atom. The van der Waals surface area contributed by atoms with E-state index in [1.165, 1.54) is 11.8 Å². The summed E-state index contributed by atoms with van der Waals surface area (Å²) in [6.45, 7) is 0. The van der Waals surface area contributed by atoms with Crippen LogP contribution in [0.1, 0.15) is 0 Å². The van der Waals surface area contributed by atoms with Gasteiger partial charge in [-0.05, 0) is 30.5 Å². The Bertz CT molecular complexity index is 511. The van der Waals surface area contributed by atoms with Gasteiger partial charge >= 0.3 is 0 Å². The predicted molar refractivity (Wildman–Crippen MR) is 77.6 cm³/mol. The molecule has 0 spiro atoms. The molecule has 6 heteroatoms. The summed E-state index contributed by atoms with van der Waals surface area (Å²) in [5.41, 5.74) is 0. The van der Waals surface area contributed by atoms with Crippen LogP contribution in [0.4, 0.5) is 5.82 Å². The Morgan fingerprint density at radius 3 is 2.56 bits per heavy atom. The van der Waals surface area contributed by atoms with Gasteiger partial charge in [-0.3, -0.25) is 0 Å². The van der Waals surface area contributed by atoms with E-state index in [9.17, 15) is 0 Å². The normalized spacial score (nSPS) is 10.2. The summed E-state index contributed by atoms with van der Waals surface area (Å²) in [7, 11) is 1.82. The molecule has 1 heterocycles. The van der Waals surface area contributed by atoms with Gasteiger partial charge in [-0.15, -0.1) is 0 Å². The average Bonchev–Trinajstić information content (AvgIpc) is 2.41. The minimum absolute atomic E-state index is 0.529. The third-order valence-corrected chi connectivity index (χ3v) is 3.23. The highest BCUT2D eigenvalue weighted by Crippen LogP contribution is 2.25. The van der Waals surface area contributed by atoms with Gasteiger partial charge < -0.3 is 10.1 Å². The average molecular weight is 326 g/mol. The van der Waals surface area contributed by atoms with E-state index in [1.807, 2.05) is 37.6 Å². The molecule has 0 saturated carbocycles. The molecule has 0 saturated heterocycles. The largest absolute Gasteiger partial charge is 0.439 e. The number of hydrogen-bond donors (Lipinski definition) is 1. The number of aromatic nitrogens is 2. The van der Waals surface area contributed by atoms with Crippen LogP contribution in [0.25, 0.3) is 0 Å². The maximum absolute atomic E-state index is 5.69. The molecule has 0 unspecified atom stereocenters. The molecule has 1 N–H and O–H groups in total. The zero-order valence-corrected chi connectivity index (χ0v) is 12.4. The van der Waals surface area contributed by atoms with Crippen molar-refractivity contribution in [3.8, 4) is 11.6 Å². The smallest absolute Gasteiger partial charge is 0.225 e. The fourth-order valence-corrected chi connectivity index (χ4v) is 1.93. The molecule has 2 rings (SSSR count). The Labute approximate surface area is 118 Å². The van der Waals surface area contributed by atoms with Crippen molar-refractivity contribution in [1.82, 2.24) is 9.97 Å². The lowest BCUT2D eigenvalue weighted by atomic mass is 10.3. The van der Waals surface area contributed by atoms with Gasteiger partial charge in [-0.1, -0.05) is 27.7 Å². The highest BCUT2D eigenvalue weighted by molar-refractivity contribution is 9.10. The van der Waals surface area contributed by atoms with Crippen LogP contribution in [0.15, 0.2) is 40.0 Å². The van der Waals surface area contributed by atoms with Crippen LogP contribution in [-0.4, -0.2) is 23.3 Å². The molecule has 0 fully saturated rings. The zero-order chi connectivity index (χ0) is 13.0. The van der Waals surface area contributed by atoms with E-state index in [0.29, 0.717) is 11.0 Å². The SMILES string of the molecule is CNc1cc(Oc2ccc(Br)cc2)nc(SC)n1. The summed E-state index contributed by atoms with van der Waals surface area (Å²) < 4.78 is 6.71. The number of rotatable bonds is 4. The van der Waals surface area contributed by atoms with Crippen molar-refractivity contribution in [1.29, 1.82) is 0 Å². The fraction of sp³-hybridized carbons (Fsp3) is 0.167. The Kier molecular flexibility index (Phi) is 4.43. The number of anilines is 1. The number of benzene rings is 1. The summed E-state index contributed by atoms with van der Waals surface area (Å²) in [6, 6.07) is 9.37. The molecule has 0 bridgehead atoms. The van der Waals surface area contributed by atoms with Crippen molar-refractivity contribution >= 4 is 33.5 Å². The van der Waals surface area contributed by atoms with Crippen LogP contribution in [0.2, 0.25) is 0 Å². The van der Waals surface area contributed by atoms with E-state index < -0.39 is 0 Å². The van der Waals surface area contributed by atoms with Gasteiger partial charge in [0.15, 0.2) is 5.16 Å². The predicted octanol–water partition coefficient (Wildman–Crippen LogP) is 3.80. The first-order valence-corrected chi connectivity index (χ1v) is 7.27. The standard InChI is InChI=1S/C12H12BrN3OS/c1-14-10-7-11(16-12(15-10)18-2)17-9-5-3-8(13)4-6-9/h3-7H,1-2H3,(H,14,15,16). The minimum Gasteiger partial charge on any atom is -0.439 e. The van der Waals surface area contributed by atoms with Crippen LogP contribution in [0.5, 0.6) is 11.6 Å². The third kappa shape index (κ3) is 3.36. The fourth-order valence-electron chi connectivity index (χ4n) is 1.30. The first-order chi connectivity index (χ1) is 8.71. The molecule has 0 amide bonds. The molecule has 4 nitrogen and oxygen atoms in total. The summed E-state index contributed by atoms with van der Waals surface area (Å²) in [6.07, 6.45) is 1.93. The first kappa shape index (κ1) is 13.2. The van der Waals surface area contributed by atoms with Gasteiger partial charge in [0.1, 0.15) is 11.6 Å². The molecule has 0 aliphatic carbocycles. The number of ether oxygens (including phenoxy) is 1. The molecule has 94 valence electrons. The van der Waals surface area contributed by atoms with Crippen molar-refractivity contribution in [3.63, 3.8) is 0 Å². The van der Waals surface area contributed by atoms with Crippen LogP contribution >= 0.6 is 27.7 Å². The summed E-state index contributed by atoms with van der Waals surface area (Å²) in [5, 5.41) is 3.66. The van der Waals surface area contributed by atoms with Crippen molar-refractivity contribution in [2.45, 2.75) is 5.16 Å². The van der Waals surface area contributed by atoms with Crippen molar-refractivity contribution < 1.29 is 4.74 Å². The Balaban J connectivity index is 2.25. The van der Waals surface area contributed by atoms with Crippen LogP contribution in [-0.2, 0) is 0 Å². The Morgan fingerprint density at radius 1 is 1.22 bits per heavy atom. The molecule has 18 heavy (non-hydrogen) atoms. The third-order valence-electron chi connectivity index (χ3n) is 2.16. The number of halogens is 1. The molecule has 0 aliphatic heterocycles. The monoisotopic (exact) mass is 325 g/mol. The van der Waals surface area contributed by atoms with Crippen molar-refractivity contribution in [2.75, 3.05) is 18.6 Å². The number of thioether (sulfide) groups is 1. The number of nitrogens with zero attached hydrogens (tertiary/aromatic N) is 2. The maximum atomic E-state index is 5.69. The first-order valence-electron chi connectivity index (χ1n) is 5.25. The molecule has 0 radical (unpaired) electrons. The highest BCUT2D eigenvalue weighted by Gasteiger charge is 2.05. The molecule has 0 atom stereocenters. The van der Waals surface area contributed by atoms with Crippen molar-refractivity contribution in [3.05, 3.63) is 34.8 Å². The number of hydrogen-bond acceptors (Lipinski definition) is 5. The van der Waals surface area contributed by atoms with Crippen LogP contribution in [0, 0.1) is 0 Å². The topological polar surface area (TPSA) is 47.0 Å². The lowest BCUT2D eigenvalue weighted by Gasteiger charge is -2.08. The Hall–Kier alpha value is -1.27. The van der Waals surface area contributed by atoms with E-state index in [1.54, 1.807) is 6.07 Å². The molecular weight excluding hydrogens is 314 g/mol. The van der Waals surface area contributed by atoms with Gasteiger partial charge in [0, 0.05) is 17.6 Å². The zero-order valence-electron chi connectivity index (χ0n) is 9.98. The second-order valence-electron chi connectivity index (χ2n) is 3.38. The second kappa shape index (κ2) is 6.06. The molecular formula is C12H12BrN3OS. The lowest BCUT2D eigenvalue weighted by Crippen LogP contribution is -1.98. The molecule has 0 aliphatic rings. The van der Waals surface area contributed by atoms with E-state index in [4.69, 9.17) is 4.74 Å². The molecule has 1 aromatic heterocycles. The van der Waals surface area contributed by atoms with E-state index >= 15 is 0 Å². The van der Waals surface area contributed by atoms with E-state index in [0.717, 1.165) is 16.0 Å². The summed E-state index contributed by atoms with van der Waals surface area (Å²) in [5.74, 6) is 2.01. The van der Waals surface area contributed by atoms with Crippen LogP contribution < -0.4 is 10.1 Å². The van der Waals surface area contributed by atoms with E-state index in [2.05, 4.69) is 31.2 Å². The van der Waals surface area contributed by atoms with Crippen molar-refractivity contribution in [2.24, 2.45) is 0 Å². The van der Waals surface area contributed by atoms with Crippen LogP contribution in [0.3, 0.4) is 0 Å². The van der Waals surface area contributed by atoms with Gasteiger partial charge in [0.05, 0.1) is 0 Å². The highest BCUT2D eigenvalue weighted by atomic mass is 79.9. The summed E-state index contributed by atoms with van der Waals surface area (Å²) >= 11 is 4.86. The second-order valence-corrected chi connectivity index (χ2v) is 5.07. The van der Waals surface area contributed by atoms with Gasteiger partial charge in [0.25, 0.3) is 0 Å². The van der Waals surface area contributed by atoms with Gasteiger partial charge in [0.2, 0.25) is 5.88 Å². The lowest BCUT2D eigenvalue weighted by molar-refractivity contribution is 0.456. The number of nitrogens with one attached hydrogen (secondary N) is 1. The maximum Gasteiger partial charge on any atom is 0.225 e. The summed E-state index contributed by atoms with van der Waals surface area (Å²) in [4.78, 5) is 8.57. The molecule has 1 aromatic carbocycles. The van der Waals surface area contributed by atoms with Gasteiger partial charge in [-0.2, -0.15) is 4.98 Å². The molecule has 2 aromatic rings.